The van der Waals surface area contributed by atoms with E-state index in [0.717, 1.165) is 18.4 Å². The predicted molar refractivity (Wildman–Crippen MR) is 55.4 cm³/mol. The third-order valence-corrected chi connectivity index (χ3v) is 3.78. The molecule has 0 aromatic heterocycles. The maximum atomic E-state index is 11.2. The summed E-state index contributed by atoms with van der Waals surface area (Å²) in [7, 11) is 0. The molecule has 3 unspecified atom stereocenters. The molecule has 78 valence electrons. The van der Waals surface area contributed by atoms with Gasteiger partial charge in [-0.05, 0) is 18.4 Å². The van der Waals surface area contributed by atoms with Crippen LogP contribution in [0.4, 0.5) is 0 Å². The first-order chi connectivity index (χ1) is 7.24. The third-order valence-electron chi connectivity index (χ3n) is 3.78. The molecule has 0 amide bonds. The molecule has 1 aromatic rings. The monoisotopic (exact) mass is 203 g/mol. The molecule has 3 heteroatoms. The first-order valence-corrected chi connectivity index (χ1v) is 5.30. The van der Waals surface area contributed by atoms with Gasteiger partial charge < -0.3 is 10.4 Å². The number of hydrogen-bond acceptors (Lipinski definition) is 2. The summed E-state index contributed by atoms with van der Waals surface area (Å²) in [6.07, 6.45) is 1.92. The minimum absolute atomic E-state index is 0.183. The molecule has 3 nitrogen and oxygen atoms in total. The fourth-order valence-corrected chi connectivity index (χ4v) is 3.13. The van der Waals surface area contributed by atoms with E-state index in [1.54, 1.807) is 0 Å². The van der Waals surface area contributed by atoms with Crippen molar-refractivity contribution in [3.63, 3.8) is 0 Å². The molecule has 1 aromatic carbocycles. The Hall–Kier alpha value is -1.35. The van der Waals surface area contributed by atoms with E-state index >= 15 is 0 Å². The molecule has 2 bridgehead atoms. The van der Waals surface area contributed by atoms with Crippen LogP contribution in [0.5, 0.6) is 0 Å². The number of hydrogen-bond donors (Lipinski definition) is 2. The van der Waals surface area contributed by atoms with Crippen molar-refractivity contribution in [3.05, 3.63) is 35.9 Å². The fourth-order valence-electron chi connectivity index (χ4n) is 3.13. The summed E-state index contributed by atoms with van der Waals surface area (Å²) in [6, 6.07) is 10.1. The first kappa shape index (κ1) is 8.92. The third kappa shape index (κ3) is 1.01. The van der Waals surface area contributed by atoms with Crippen LogP contribution in [0.1, 0.15) is 18.4 Å². The van der Waals surface area contributed by atoms with Gasteiger partial charge in [0.2, 0.25) is 0 Å². The highest BCUT2D eigenvalue weighted by atomic mass is 16.4. The summed E-state index contributed by atoms with van der Waals surface area (Å²) in [5, 5.41) is 12.6. The van der Waals surface area contributed by atoms with Crippen LogP contribution in [0.3, 0.4) is 0 Å². The summed E-state index contributed by atoms with van der Waals surface area (Å²) >= 11 is 0. The van der Waals surface area contributed by atoms with Crippen LogP contribution in [0, 0.1) is 5.92 Å². The number of aliphatic carboxylic acids is 1. The maximum absolute atomic E-state index is 11.2. The summed E-state index contributed by atoms with van der Waals surface area (Å²) in [5.41, 5.74) is 0.837. The number of carboxylic acid groups (broad SMARTS) is 1. The summed E-state index contributed by atoms with van der Waals surface area (Å²) in [6.45, 7) is 0. The van der Waals surface area contributed by atoms with E-state index in [2.05, 4.69) is 5.32 Å². The van der Waals surface area contributed by atoms with Crippen LogP contribution < -0.4 is 5.32 Å². The second kappa shape index (κ2) is 2.83. The maximum Gasteiger partial charge on any atom is 0.310 e. The average Bonchev–Trinajstić information content (AvgIpc) is 2.76. The Morgan fingerprint density at radius 2 is 2.13 bits per heavy atom. The van der Waals surface area contributed by atoms with Gasteiger partial charge >= 0.3 is 5.97 Å². The lowest BCUT2D eigenvalue weighted by atomic mass is 9.73. The van der Waals surface area contributed by atoms with Crippen molar-refractivity contribution in [2.24, 2.45) is 5.92 Å². The number of carboxylic acids is 1. The Bertz CT molecular complexity index is 399. The van der Waals surface area contributed by atoms with Crippen LogP contribution >= 0.6 is 0 Å². The Kier molecular flexibility index (Phi) is 1.68. The Morgan fingerprint density at radius 3 is 2.73 bits per heavy atom. The van der Waals surface area contributed by atoms with E-state index in [-0.39, 0.29) is 17.5 Å². The van der Waals surface area contributed by atoms with E-state index in [1.165, 1.54) is 0 Å². The molecule has 3 atom stereocenters. The van der Waals surface area contributed by atoms with Crippen LogP contribution in [-0.2, 0) is 10.3 Å². The molecule has 1 saturated carbocycles. The molecular formula is C12H13NO2. The Morgan fingerprint density at radius 1 is 1.40 bits per heavy atom. The molecule has 0 spiro atoms. The van der Waals surface area contributed by atoms with E-state index in [4.69, 9.17) is 0 Å². The molecule has 2 aliphatic heterocycles. The highest BCUT2D eigenvalue weighted by Gasteiger charge is 2.62. The van der Waals surface area contributed by atoms with E-state index in [0.29, 0.717) is 0 Å². The zero-order valence-corrected chi connectivity index (χ0v) is 8.31. The molecular weight excluding hydrogens is 190 g/mol. The minimum Gasteiger partial charge on any atom is -0.481 e. The van der Waals surface area contributed by atoms with Gasteiger partial charge in [-0.1, -0.05) is 30.3 Å². The second-order valence-corrected chi connectivity index (χ2v) is 4.44. The van der Waals surface area contributed by atoms with Crippen LogP contribution in [0.2, 0.25) is 0 Å². The summed E-state index contributed by atoms with van der Waals surface area (Å²) < 4.78 is 0. The fraction of sp³-hybridized carbons (Fsp3) is 0.417. The number of carbonyl (C=O) groups is 1. The highest BCUT2D eigenvalue weighted by Crippen LogP contribution is 2.52. The van der Waals surface area contributed by atoms with Gasteiger partial charge in [0, 0.05) is 6.04 Å². The van der Waals surface area contributed by atoms with Crippen LogP contribution in [0.25, 0.3) is 0 Å². The molecule has 3 aliphatic rings. The standard InChI is InChI=1S/C12H13NO2/c14-11(15)10-9-6-7-12(10,13-9)8-4-2-1-3-5-8/h1-5,9-10,13H,6-7H2,(H,14,15). The predicted octanol–water partition coefficient (Wildman–Crippen LogP) is 1.35. The molecule has 1 aliphatic carbocycles. The lowest BCUT2D eigenvalue weighted by Gasteiger charge is -2.46. The topological polar surface area (TPSA) is 49.3 Å². The van der Waals surface area contributed by atoms with Gasteiger partial charge in [0.25, 0.3) is 0 Å². The van der Waals surface area contributed by atoms with Gasteiger partial charge in [0.05, 0.1) is 11.5 Å². The molecule has 0 radical (unpaired) electrons. The molecule has 3 fully saturated rings. The lowest BCUT2D eigenvalue weighted by molar-refractivity contribution is -0.150. The normalized spacial score (nSPS) is 37.3. The Labute approximate surface area is 88.1 Å². The average molecular weight is 203 g/mol. The SMILES string of the molecule is O=C(O)C1C2CCC1(c1ccccc1)N2. The van der Waals surface area contributed by atoms with Gasteiger partial charge in [-0.25, -0.2) is 0 Å². The Balaban J connectivity index is 2.02. The molecule has 2 saturated heterocycles. The van der Waals surface area contributed by atoms with Crippen molar-refractivity contribution in [2.45, 2.75) is 24.4 Å². The minimum atomic E-state index is -0.667. The van der Waals surface area contributed by atoms with Gasteiger partial charge in [-0.2, -0.15) is 0 Å². The molecule has 2 heterocycles. The number of fused-ring (bicyclic) bond motifs is 1. The van der Waals surface area contributed by atoms with Crippen LogP contribution in [0.15, 0.2) is 30.3 Å². The van der Waals surface area contributed by atoms with Crippen molar-refractivity contribution in [2.75, 3.05) is 0 Å². The van der Waals surface area contributed by atoms with Crippen molar-refractivity contribution in [3.8, 4) is 0 Å². The van der Waals surface area contributed by atoms with E-state index in [9.17, 15) is 9.90 Å². The van der Waals surface area contributed by atoms with Gasteiger partial charge in [0.15, 0.2) is 0 Å². The molecule has 4 rings (SSSR count). The first-order valence-electron chi connectivity index (χ1n) is 5.30. The van der Waals surface area contributed by atoms with Gasteiger partial charge in [-0.3, -0.25) is 4.79 Å². The van der Waals surface area contributed by atoms with E-state index < -0.39 is 5.97 Å². The van der Waals surface area contributed by atoms with E-state index in [1.807, 2.05) is 30.3 Å². The smallest absolute Gasteiger partial charge is 0.310 e. The van der Waals surface area contributed by atoms with Gasteiger partial charge in [0.1, 0.15) is 0 Å². The molecule has 2 N–H and O–H groups in total. The summed E-state index contributed by atoms with van der Waals surface area (Å²) in [4.78, 5) is 11.2. The van der Waals surface area contributed by atoms with Crippen molar-refractivity contribution >= 4 is 5.97 Å². The summed E-state index contributed by atoms with van der Waals surface area (Å²) in [5.74, 6) is -0.903. The van der Waals surface area contributed by atoms with Crippen LogP contribution in [-0.4, -0.2) is 17.1 Å². The van der Waals surface area contributed by atoms with Crippen molar-refractivity contribution < 1.29 is 9.90 Å². The molecule has 15 heavy (non-hydrogen) atoms. The second-order valence-electron chi connectivity index (χ2n) is 4.44. The quantitative estimate of drug-likeness (QED) is 0.762. The zero-order valence-electron chi connectivity index (χ0n) is 8.31. The lowest BCUT2D eigenvalue weighted by Crippen LogP contribution is -2.65. The number of nitrogens with one attached hydrogen (secondary N) is 1. The number of rotatable bonds is 2. The highest BCUT2D eigenvalue weighted by molar-refractivity contribution is 5.76. The van der Waals surface area contributed by atoms with Crippen molar-refractivity contribution in [1.29, 1.82) is 0 Å². The van der Waals surface area contributed by atoms with Gasteiger partial charge in [-0.15, -0.1) is 0 Å². The zero-order chi connectivity index (χ0) is 10.5. The number of benzene rings is 1. The largest absolute Gasteiger partial charge is 0.481 e. The van der Waals surface area contributed by atoms with Crippen molar-refractivity contribution in [1.82, 2.24) is 5.32 Å².